The lowest BCUT2D eigenvalue weighted by Gasteiger charge is -2.36. The van der Waals surface area contributed by atoms with Crippen LogP contribution in [-0.2, 0) is 14.3 Å². The molecule has 0 N–H and O–H groups in total. The molecule has 0 amide bonds. The average Bonchev–Trinajstić information content (AvgIpc) is 2.89. The summed E-state index contributed by atoms with van der Waals surface area (Å²) >= 11 is 0. The molecule has 0 saturated heterocycles. The summed E-state index contributed by atoms with van der Waals surface area (Å²) in [4.78, 5) is 24.1. The number of Topliss-reactive ketones (excluding diaryl/α,β-unsaturated/α-hetero) is 1. The fourth-order valence-electron chi connectivity index (χ4n) is 3.79. The summed E-state index contributed by atoms with van der Waals surface area (Å²) in [6, 6.07) is 0. The van der Waals surface area contributed by atoms with Gasteiger partial charge in [-0.05, 0) is 57.8 Å². The van der Waals surface area contributed by atoms with Crippen LogP contribution in [0.2, 0.25) is 0 Å². The lowest BCUT2D eigenvalue weighted by atomic mass is 9.67. The number of ketones is 1. The Kier molecular flexibility index (Phi) is 3.28. The van der Waals surface area contributed by atoms with Crippen molar-refractivity contribution in [3.8, 4) is 0 Å². The lowest BCUT2D eigenvalue weighted by Crippen LogP contribution is -2.45. The van der Waals surface area contributed by atoms with E-state index >= 15 is 0 Å². The van der Waals surface area contributed by atoms with E-state index in [9.17, 15) is 9.59 Å². The summed E-state index contributed by atoms with van der Waals surface area (Å²) in [7, 11) is 0. The van der Waals surface area contributed by atoms with Gasteiger partial charge in [-0.1, -0.05) is 6.42 Å². The van der Waals surface area contributed by atoms with E-state index in [0.29, 0.717) is 12.5 Å². The van der Waals surface area contributed by atoms with Gasteiger partial charge in [-0.3, -0.25) is 9.59 Å². The fourth-order valence-corrected chi connectivity index (χ4v) is 3.79. The van der Waals surface area contributed by atoms with Crippen molar-refractivity contribution >= 4 is 11.8 Å². The molecule has 0 spiro atoms. The van der Waals surface area contributed by atoms with E-state index < -0.39 is 5.41 Å². The van der Waals surface area contributed by atoms with Crippen molar-refractivity contribution in [2.45, 2.75) is 46.5 Å². The van der Waals surface area contributed by atoms with E-state index in [1.165, 1.54) is 26.2 Å². The average molecular weight is 238 g/mol. The number of hydrogen-bond donors (Lipinski definition) is 0. The normalized spacial score (nSPS) is 34.4. The first kappa shape index (κ1) is 12.6. The molecule has 2 rings (SSSR count). The molecule has 17 heavy (non-hydrogen) atoms. The molecule has 2 saturated carbocycles. The van der Waals surface area contributed by atoms with Crippen LogP contribution < -0.4 is 0 Å². The molecule has 2 aliphatic carbocycles. The fraction of sp³-hybridized carbons (Fsp3) is 0.857. The molecule has 2 unspecified atom stereocenters. The minimum atomic E-state index is -0.907. The third-order valence-corrected chi connectivity index (χ3v) is 4.91. The van der Waals surface area contributed by atoms with Gasteiger partial charge in [0, 0.05) is 0 Å². The predicted octanol–water partition coefficient (Wildman–Crippen LogP) is 2.58. The standard InChI is InChI=1S/C14H22O3/c1-4-17-13(16)14(3,9(2)15)12-8-10-5-6-11(12)7-10/h10-12H,4-8H2,1-3H3/t10-,11+,12?,14?/m0/s1. The molecule has 0 aromatic rings. The first-order valence-corrected chi connectivity index (χ1v) is 6.68. The minimum absolute atomic E-state index is 0.0338. The zero-order chi connectivity index (χ0) is 12.6. The number of fused-ring (bicyclic) bond motifs is 2. The second-order valence-corrected chi connectivity index (χ2v) is 5.76. The largest absolute Gasteiger partial charge is 0.465 e. The Bertz CT molecular complexity index is 336. The molecule has 3 heteroatoms. The van der Waals surface area contributed by atoms with E-state index in [1.54, 1.807) is 13.8 Å². The van der Waals surface area contributed by atoms with Crippen LogP contribution in [0.5, 0.6) is 0 Å². The van der Waals surface area contributed by atoms with Crippen molar-refractivity contribution in [3.63, 3.8) is 0 Å². The maximum atomic E-state index is 12.1. The van der Waals surface area contributed by atoms with Gasteiger partial charge < -0.3 is 4.74 Å². The first-order valence-electron chi connectivity index (χ1n) is 6.68. The molecule has 0 aromatic carbocycles. The molecule has 2 bridgehead atoms. The zero-order valence-corrected chi connectivity index (χ0v) is 11.0. The molecule has 2 aliphatic rings. The topological polar surface area (TPSA) is 43.4 Å². The Balaban J connectivity index is 2.22. The second-order valence-electron chi connectivity index (χ2n) is 5.76. The predicted molar refractivity (Wildman–Crippen MR) is 64.4 cm³/mol. The summed E-state index contributed by atoms with van der Waals surface area (Å²) in [5.74, 6) is 1.15. The van der Waals surface area contributed by atoms with Crippen molar-refractivity contribution in [2.75, 3.05) is 6.61 Å². The summed E-state index contributed by atoms with van der Waals surface area (Å²) in [6.07, 6.45) is 4.68. The SMILES string of the molecule is CCOC(=O)C(C)(C(C)=O)C1C[C@H]2CC[C@@H]1C2. The van der Waals surface area contributed by atoms with Gasteiger partial charge in [0.1, 0.15) is 11.2 Å². The number of carbonyl (C=O) groups is 2. The minimum Gasteiger partial charge on any atom is -0.465 e. The van der Waals surface area contributed by atoms with Gasteiger partial charge >= 0.3 is 5.97 Å². The van der Waals surface area contributed by atoms with Crippen molar-refractivity contribution in [2.24, 2.45) is 23.2 Å². The van der Waals surface area contributed by atoms with Crippen molar-refractivity contribution in [1.29, 1.82) is 0 Å². The number of carbonyl (C=O) groups excluding carboxylic acids is 2. The highest BCUT2D eigenvalue weighted by Gasteiger charge is 2.55. The molecular formula is C14H22O3. The maximum Gasteiger partial charge on any atom is 0.319 e. The quantitative estimate of drug-likeness (QED) is 0.558. The van der Waals surface area contributed by atoms with E-state index in [2.05, 4.69) is 0 Å². The van der Waals surface area contributed by atoms with Gasteiger partial charge in [-0.15, -0.1) is 0 Å². The van der Waals surface area contributed by atoms with Gasteiger partial charge in [-0.25, -0.2) is 0 Å². The molecule has 3 nitrogen and oxygen atoms in total. The van der Waals surface area contributed by atoms with E-state index in [0.717, 1.165) is 12.3 Å². The Morgan fingerprint density at radius 1 is 1.29 bits per heavy atom. The van der Waals surface area contributed by atoms with E-state index in [1.807, 2.05) is 0 Å². The van der Waals surface area contributed by atoms with Gasteiger partial charge in [0.05, 0.1) is 6.61 Å². The number of ether oxygens (including phenoxy) is 1. The number of esters is 1. The molecule has 4 atom stereocenters. The smallest absolute Gasteiger partial charge is 0.319 e. The van der Waals surface area contributed by atoms with E-state index in [4.69, 9.17) is 4.74 Å². The maximum absolute atomic E-state index is 12.1. The van der Waals surface area contributed by atoms with Crippen LogP contribution in [0.3, 0.4) is 0 Å². The van der Waals surface area contributed by atoms with Crippen LogP contribution in [0.15, 0.2) is 0 Å². The second kappa shape index (κ2) is 4.43. The molecule has 0 aliphatic heterocycles. The summed E-state index contributed by atoms with van der Waals surface area (Å²) in [5.41, 5.74) is -0.907. The highest BCUT2D eigenvalue weighted by molar-refractivity contribution is 6.02. The summed E-state index contributed by atoms with van der Waals surface area (Å²) in [5, 5.41) is 0. The molecule has 96 valence electrons. The van der Waals surface area contributed by atoms with Crippen LogP contribution in [-0.4, -0.2) is 18.4 Å². The van der Waals surface area contributed by atoms with Crippen molar-refractivity contribution in [1.82, 2.24) is 0 Å². The Morgan fingerprint density at radius 3 is 2.41 bits per heavy atom. The highest BCUT2D eigenvalue weighted by Crippen LogP contribution is 2.55. The molecule has 0 radical (unpaired) electrons. The summed E-state index contributed by atoms with van der Waals surface area (Å²) < 4.78 is 5.13. The Labute approximate surface area is 103 Å². The monoisotopic (exact) mass is 238 g/mol. The van der Waals surface area contributed by atoms with Crippen LogP contribution in [0, 0.1) is 23.2 Å². The van der Waals surface area contributed by atoms with Gasteiger partial charge in [0.2, 0.25) is 0 Å². The van der Waals surface area contributed by atoms with Crippen LogP contribution >= 0.6 is 0 Å². The third-order valence-electron chi connectivity index (χ3n) is 4.91. The Morgan fingerprint density at radius 2 is 2.00 bits per heavy atom. The number of rotatable bonds is 4. The molecular weight excluding hydrogens is 216 g/mol. The highest BCUT2D eigenvalue weighted by atomic mass is 16.5. The lowest BCUT2D eigenvalue weighted by molar-refractivity contribution is -0.163. The Hall–Kier alpha value is -0.860. The molecule has 0 heterocycles. The molecule has 0 aromatic heterocycles. The van der Waals surface area contributed by atoms with Crippen molar-refractivity contribution in [3.05, 3.63) is 0 Å². The molecule has 2 fully saturated rings. The van der Waals surface area contributed by atoms with Gasteiger partial charge in [-0.2, -0.15) is 0 Å². The van der Waals surface area contributed by atoms with Gasteiger partial charge in [0.25, 0.3) is 0 Å². The van der Waals surface area contributed by atoms with Gasteiger partial charge in [0.15, 0.2) is 0 Å². The third kappa shape index (κ3) is 1.90. The summed E-state index contributed by atoms with van der Waals surface area (Å²) in [6.45, 7) is 5.46. The van der Waals surface area contributed by atoms with Crippen LogP contribution in [0.25, 0.3) is 0 Å². The zero-order valence-electron chi connectivity index (χ0n) is 11.0. The van der Waals surface area contributed by atoms with E-state index in [-0.39, 0.29) is 17.7 Å². The van der Waals surface area contributed by atoms with Crippen LogP contribution in [0.4, 0.5) is 0 Å². The first-order chi connectivity index (χ1) is 8.00. The number of hydrogen-bond acceptors (Lipinski definition) is 3. The van der Waals surface area contributed by atoms with Crippen LogP contribution in [0.1, 0.15) is 46.5 Å². The van der Waals surface area contributed by atoms with Crippen molar-refractivity contribution < 1.29 is 14.3 Å².